The molecule has 3 aromatic rings. The molecule has 2 aromatic carbocycles. The number of hydrogen-bond acceptors (Lipinski definition) is 7. The molecule has 2 heterocycles. The Kier molecular flexibility index (Phi) is 5.47. The average Bonchev–Trinajstić information content (AvgIpc) is 3.19. The summed E-state index contributed by atoms with van der Waals surface area (Å²) in [6.45, 7) is 4.10. The summed E-state index contributed by atoms with van der Waals surface area (Å²) >= 11 is 1.30. The maximum absolute atomic E-state index is 14.0. The summed E-state index contributed by atoms with van der Waals surface area (Å²) < 4.78 is 15.7. The summed E-state index contributed by atoms with van der Waals surface area (Å²) in [6.07, 6.45) is 1.07. The van der Waals surface area contributed by atoms with E-state index < -0.39 is 11.0 Å². The Bertz CT molecular complexity index is 1330. The molecule has 5 rings (SSSR count). The molecule has 0 fully saturated rings. The molecular formula is C24H22FN5O3S. The molecule has 0 radical (unpaired) electrons. The van der Waals surface area contributed by atoms with Crippen LogP contribution in [-0.4, -0.2) is 25.5 Å². The number of halogens is 1. The van der Waals surface area contributed by atoms with E-state index in [9.17, 15) is 19.3 Å². The molecule has 1 N–H and O–H groups in total. The van der Waals surface area contributed by atoms with Crippen LogP contribution in [0.4, 0.5) is 16.0 Å². The van der Waals surface area contributed by atoms with Crippen molar-refractivity contribution in [1.82, 2.24) is 14.8 Å². The Labute approximate surface area is 199 Å². The number of anilines is 1. The summed E-state index contributed by atoms with van der Waals surface area (Å²) in [6, 6.07) is 12.2. The van der Waals surface area contributed by atoms with Crippen molar-refractivity contribution < 1.29 is 14.1 Å². The minimum atomic E-state index is -0.550. The van der Waals surface area contributed by atoms with Crippen LogP contribution in [0, 0.1) is 21.3 Å². The molecule has 0 spiro atoms. The van der Waals surface area contributed by atoms with Crippen molar-refractivity contribution in [2.75, 3.05) is 5.32 Å². The maximum Gasteiger partial charge on any atom is 0.269 e. The first-order valence-corrected chi connectivity index (χ1v) is 11.8. The third-order valence-corrected chi connectivity index (χ3v) is 6.93. The fraction of sp³-hybridized carbons (Fsp3) is 0.292. The maximum atomic E-state index is 14.0. The zero-order valence-electron chi connectivity index (χ0n) is 18.6. The first-order valence-electron chi connectivity index (χ1n) is 10.8. The lowest BCUT2D eigenvalue weighted by atomic mass is 9.73. The normalized spacial score (nSPS) is 18.8. The summed E-state index contributed by atoms with van der Waals surface area (Å²) in [7, 11) is 0. The van der Waals surface area contributed by atoms with Gasteiger partial charge in [0.25, 0.3) is 5.69 Å². The van der Waals surface area contributed by atoms with Crippen molar-refractivity contribution in [3.8, 4) is 0 Å². The Morgan fingerprint density at radius 2 is 1.94 bits per heavy atom. The highest BCUT2D eigenvalue weighted by Gasteiger charge is 2.42. The van der Waals surface area contributed by atoms with Crippen LogP contribution in [0.1, 0.15) is 43.9 Å². The molecular weight excluding hydrogens is 457 g/mol. The van der Waals surface area contributed by atoms with Crippen molar-refractivity contribution in [1.29, 1.82) is 0 Å². The van der Waals surface area contributed by atoms with Crippen LogP contribution in [0.5, 0.6) is 0 Å². The minimum Gasteiger partial charge on any atom is -0.328 e. The number of fused-ring (bicyclic) bond motifs is 1. The molecule has 10 heteroatoms. The zero-order chi connectivity index (χ0) is 24.0. The molecule has 0 unspecified atom stereocenters. The molecule has 2 aliphatic rings. The van der Waals surface area contributed by atoms with Gasteiger partial charge < -0.3 is 5.32 Å². The number of nitro benzene ring substituents is 1. The minimum absolute atomic E-state index is 0.0174. The highest BCUT2D eigenvalue weighted by Crippen LogP contribution is 2.45. The Balaban J connectivity index is 1.54. The Morgan fingerprint density at radius 1 is 1.21 bits per heavy atom. The van der Waals surface area contributed by atoms with Gasteiger partial charge in [-0.1, -0.05) is 43.8 Å². The average molecular weight is 480 g/mol. The van der Waals surface area contributed by atoms with Crippen molar-refractivity contribution in [3.63, 3.8) is 0 Å². The fourth-order valence-corrected chi connectivity index (χ4v) is 5.31. The monoisotopic (exact) mass is 479 g/mol. The molecule has 1 aromatic heterocycles. The number of nitrogens with one attached hydrogen (secondary N) is 1. The Morgan fingerprint density at radius 3 is 2.65 bits per heavy atom. The van der Waals surface area contributed by atoms with Gasteiger partial charge in [0.15, 0.2) is 5.78 Å². The second kappa shape index (κ2) is 8.35. The van der Waals surface area contributed by atoms with Gasteiger partial charge in [-0.15, -0.1) is 5.10 Å². The number of ketones is 1. The number of benzene rings is 2. The molecule has 0 amide bonds. The number of allylic oxidation sites excluding steroid dienone is 2. The van der Waals surface area contributed by atoms with Crippen LogP contribution in [-0.2, 0) is 10.5 Å². The van der Waals surface area contributed by atoms with E-state index in [2.05, 4.69) is 15.4 Å². The molecule has 8 nitrogen and oxygen atoms in total. The summed E-state index contributed by atoms with van der Waals surface area (Å²) in [5, 5.41) is 19.5. The van der Waals surface area contributed by atoms with Gasteiger partial charge in [-0.3, -0.25) is 14.9 Å². The van der Waals surface area contributed by atoms with Gasteiger partial charge in [0.1, 0.15) is 11.9 Å². The van der Waals surface area contributed by atoms with E-state index in [0.29, 0.717) is 46.4 Å². The smallest absolute Gasteiger partial charge is 0.269 e. The topological polar surface area (TPSA) is 103 Å². The summed E-state index contributed by atoms with van der Waals surface area (Å²) in [4.78, 5) is 28.5. The van der Waals surface area contributed by atoms with Crippen molar-refractivity contribution in [3.05, 3.63) is 86.9 Å². The number of hydrogen-bond donors (Lipinski definition) is 1. The van der Waals surface area contributed by atoms with Gasteiger partial charge in [-0.05, 0) is 41.2 Å². The third kappa shape index (κ3) is 4.09. The first kappa shape index (κ1) is 22.3. The van der Waals surface area contributed by atoms with Crippen molar-refractivity contribution >= 4 is 29.2 Å². The van der Waals surface area contributed by atoms with E-state index in [1.54, 1.807) is 35.0 Å². The van der Waals surface area contributed by atoms with E-state index in [-0.39, 0.29) is 22.7 Å². The van der Waals surface area contributed by atoms with Gasteiger partial charge in [0, 0.05) is 35.6 Å². The highest BCUT2D eigenvalue weighted by atomic mass is 32.2. The highest BCUT2D eigenvalue weighted by molar-refractivity contribution is 7.98. The quantitative estimate of drug-likeness (QED) is 0.302. The van der Waals surface area contributed by atoms with Crippen LogP contribution in [0.2, 0.25) is 0 Å². The second-order valence-corrected chi connectivity index (χ2v) is 10.2. The molecule has 0 saturated heterocycles. The van der Waals surface area contributed by atoms with Gasteiger partial charge in [-0.2, -0.15) is 4.98 Å². The molecule has 1 atom stereocenters. The van der Waals surface area contributed by atoms with Gasteiger partial charge >= 0.3 is 0 Å². The summed E-state index contributed by atoms with van der Waals surface area (Å²) in [5.41, 5.74) is 2.45. The largest absolute Gasteiger partial charge is 0.328 e. The third-order valence-electron chi connectivity index (χ3n) is 6.05. The lowest BCUT2D eigenvalue weighted by Gasteiger charge is -2.38. The number of thioether (sulfide) groups is 1. The summed E-state index contributed by atoms with van der Waals surface area (Å²) in [5.74, 6) is 0.579. The van der Waals surface area contributed by atoms with Gasteiger partial charge in [0.2, 0.25) is 11.1 Å². The fourth-order valence-electron chi connectivity index (χ4n) is 4.49. The van der Waals surface area contributed by atoms with Crippen molar-refractivity contribution in [2.24, 2.45) is 5.41 Å². The SMILES string of the molecule is CC1(C)CC(=O)C2=C(C1)Nc1nc(SCc3ccccc3F)nn1[C@H]2c1ccc([N+](=O)[O-])cc1. The Hall–Kier alpha value is -3.53. The number of rotatable bonds is 5. The van der Waals surface area contributed by atoms with Gasteiger partial charge in [-0.25, -0.2) is 9.07 Å². The van der Waals surface area contributed by atoms with Crippen LogP contribution in [0.15, 0.2) is 65.0 Å². The van der Waals surface area contributed by atoms with Gasteiger partial charge in [0.05, 0.1) is 4.92 Å². The van der Waals surface area contributed by atoms with E-state index in [1.807, 2.05) is 13.8 Å². The lowest BCUT2D eigenvalue weighted by Crippen LogP contribution is -2.36. The van der Waals surface area contributed by atoms with Crippen LogP contribution < -0.4 is 5.32 Å². The lowest BCUT2D eigenvalue weighted by molar-refractivity contribution is -0.384. The van der Waals surface area contributed by atoms with Crippen LogP contribution >= 0.6 is 11.8 Å². The van der Waals surface area contributed by atoms with Crippen LogP contribution in [0.25, 0.3) is 0 Å². The number of nitro groups is 1. The number of non-ortho nitro benzene ring substituents is 1. The zero-order valence-corrected chi connectivity index (χ0v) is 19.4. The first-order chi connectivity index (χ1) is 16.2. The molecule has 0 bridgehead atoms. The molecule has 1 aliphatic heterocycles. The molecule has 34 heavy (non-hydrogen) atoms. The number of carbonyl (C=O) groups is 1. The van der Waals surface area contributed by atoms with E-state index in [4.69, 9.17) is 0 Å². The van der Waals surface area contributed by atoms with Crippen molar-refractivity contribution in [2.45, 2.75) is 43.6 Å². The number of Topliss-reactive ketones (excluding diaryl/α,β-unsaturated/α-hetero) is 1. The number of carbonyl (C=O) groups excluding carboxylic acids is 1. The van der Waals surface area contributed by atoms with E-state index in [1.165, 1.54) is 30.0 Å². The standard InChI is InChI=1S/C24H22FN5O3S/c1-24(2)11-18-20(19(31)12-24)21(14-7-9-16(10-8-14)30(32)33)29-22(26-18)27-23(28-29)34-13-15-5-3-4-6-17(15)25/h3-10,21H,11-13H2,1-2H3,(H,26,27,28)/t21-/m0/s1. The molecule has 174 valence electrons. The number of nitrogens with zero attached hydrogens (tertiary/aromatic N) is 4. The van der Waals surface area contributed by atoms with E-state index in [0.717, 1.165) is 5.70 Å². The number of aromatic nitrogens is 3. The molecule has 0 saturated carbocycles. The second-order valence-electron chi connectivity index (χ2n) is 9.25. The van der Waals surface area contributed by atoms with E-state index >= 15 is 0 Å². The van der Waals surface area contributed by atoms with Crippen LogP contribution in [0.3, 0.4) is 0 Å². The predicted octanol–water partition coefficient (Wildman–Crippen LogP) is 5.28. The predicted molar refractivity (Wildman–Crippen MR) is 126 cm³/mol. The molecule has 1 aliphatic carbocycles.